The van der Waals surface area contributed by atoms with Gasteiger partial charge in [0.1, 0.15) is 0 Å². The Kier molecular flexibility index (Phi) is 4.57. The van der Waals surface area contributed by atoms with E-state index in [1.807, 2.05) is 30.3 Å². The van der Waals surface area contributed by atoms with Crippen LogP contribution in [0.5, 0.6) is 0 Å². The third-order valence-corrected chi connectivity index (χ3v) is 3.93. The van der Waals surface area contributed by atoms with Gasteiger partial charge in [0.15, 0.2) is 5.69 Å². The van der Waals surface area contributed by atoms with Crippen LogP contribution in [0.1, 0.15) is 22.6 Å². The zero-order chi connectivity index (χ0) is 17.1. The van der Waals surface area contributed by atoms with Crippen molar-refractivity contribution >= 4 is 11.9 Å². The molecule has 1 aromatic carbocycles. The Morgan fingerprint density at radius 1 is 1.33 bits per heavy atom. The van der Waals surface area contributed by atoms with E-state index in [1.165, 1.54) is 0 Å². The zero-order valence-corrected chi connectivity index (χ0v) is 13.3. The highest BCUT2D eigenvalue weighted by Gasteiger charge is 2.29. The van der Waals surface area contributed by atoms with Gasteiger partial charge in [-0.3, -0.25) is 9.59 Å². The van der Waals surface area contributed by atoms with Crippen LogP contribution >= 0.6 is 0 Å². The van der Waals surface area contributed by atoms with E-state index in [4.69, 9.17) is 9.84 Å². The molecule has 3 rings (SSSR count). The fourth-order valence-corrected chi connectivity index (χ4v) is 2.71. The monoisotopic (exact) mass is 330 g/mol. The van der Waals surface area contributed by atoms with Gasteiger partial charge in [0.2, 0.25) is 0 Å². The molecule has 1 unspecified atom stereocenters. The fourth-order valence-electron chi connectivity index (χ4n) is 2.71. The van der Waals surface area contributed by atoms with E-state index in [2.05, 4.69) is 10.3 Å². The number of carbonyl (C=O) groups excluding carboxylic acids is 1. The lowest BCUT2D eigenvalue weighted by Crippen LogP contribution is -2.46. The van der Waals surface area contributed by atoms with Crippen LogP contribution in [0.25, 0.3) is 5.69 Å². The van der Waals surface area contributed by atoms with Crippen LogP contribution < -0.4 is 0 Å². The molecule has 0 saturated carbocycles. The number of carboxylic acids is 1. The lowest BCUT2D eigenvalue weighted by molar-refractivity contribution is -0.141. The van der Waals surface area contributed by atoms with Gasteiger partial charge < -0.3 is 14.7 Å². The van der Waals surface area contributed by atoms with Crippen molar-refractivity contribution in [2.45, 2.75) is 19.4 Å². The summed E-state index contributed by atoms with van der Waals surface area (Å²) in [4.78, 5) is 25.1. The van der Waals surface area contributed by atoms with Crippen molar-refractivity contribution < 1.29 is 19.4 Å². The summed E-state index contributed by atoms with van der Waals surface area (Å²) in [5.41, 5.74) is 1.74. The molecule has 1 aromatic heterocycles. The number of aliphatic carboxylic acids is 1. The summed E-state index contributed by atoms with van der Waals surface area (Å²) in [6, 6.07) is 9.44. The molecule has 0 spiro atoms. The van der Waals surface area contributed by atoms with Crippen molar-refractivity contribution in [1.82, 2.24) is 19.9 Å². The van der Waals surface area contributed by atoms with Crippen LogP contribution in [0, 0.1) is 6.92 Å². The minimum atomic E-state index is -0.944. The molecule has 2 aromatic rings. The van der Waals surface area contributed by atoms with Gasteiger partial charge in [-0.2, -0.15) is 0 Å². The highest BCUT2D eigenvalue weighted by Crippen LogP contribution is 2.16. The first-order chi connectivity index (χ1) is 11.6. The number of carboxylic acid groups (broad SMARTS) is 1. The predicted octanol–water partition coefficient (Wildman–Crippen LogP) is 0.891. The minimum Gasteiger partial charge on any atom is -0.481 e. The molecule has 1 amide bonds. The van der Waals surface area contributed by atoms with E-state index in [1.54, 1.807) is 16.5 Å². The van der Waals surface area contributed by atoms with Gasteiger partial charge in [0.05, 0.1) is 30.5 Å². The van der Waals surface area contributed by atoms with Gasteiger partial charge in [-0.05, 0) is 19.1 Å². The maximum atomic E-state index is 12.7. The number of benzene rings is 1. The summed E-state index contributed by atoms with van der Waals surface area (Å²) in [6.07, 6.45) is -0.621. The molecule has 0 radical (unpaired) electrons. The number of carbonyl (C=O) groups is 2. The number of para-hydroxylation sites is 1. The third-order valence-electron chi connectivity index (χ3n) is 3.93. The number of amides is 1. The first-order valence-corrected chi connectivity index (χ1v) is 7.66. The molecular formula is C16H18N4O4. The van der Waals surface area contributed by atoms with Crippen molar-refractivity contribution in [3.05, 3.63) is 41.7 Å². The number of hydrogen-bond acceptors (Lipinski definition) is 5. The Bertz CT molecular complexity index is 744. The van der Waals surface area contributed by atoms with Crippen LogP contribution in [0.15, 0.2) is 30.3 Å². The van der Waals surface area contributed by atoms with E-state index < -0.39 is 12.1 Å². The molecule has 126 valence electrons. The second kappa shape index (κ2) is 6.79. The number of nitrogens with zero attached hydrogens (tertiary/aromatic N) is 4. The van der Waals surface area contributed by atoms with Crippen molar-refractivity contribution in [2.24, 2.45) is 0 Å². The van der Waals surface area contributed by atoms with Gasteiger partial charge in [0, 0.05) is 13.1 Å². The van der Waals surface area contributed by atoms with E-state index >= 15 is 0 Å². The van der Waals surface area contributed by atoms with Crippen LogP contribution in [0.4, 0.5) is 0 Å². The molecule has 1 N–H and O–H groups in total. The number of hydrogen-bond donors (Lipinski definition) is 1. The van der Waals surface area contributed by atoms with Crippen LogP contribution in [0.3, 0.4) is 0 Å². The molecule has 8 nitrogen and oxygen atoms in total. The fraction of sp³-hybridized carbons (Fsp3) is 0.375. The first kappa shape index (κ1) is 16.1. The highest BCUT2D eigenvalue weighted by atomic mass is 16.5. The summed E-state index contributed by atoms with van der Waals surface area (Å²) in [5.74, 6) is -1.20. The third kappa shape index (κ3) is 3.28. The molecular weight excluding hydrogens is 312 g/mol. The van der Waals surface area contributed by atoms with E-state index in [0.29, 0.717) is 18.8 Å². The second-order valence-electron chi connectivity index (χ2n) is 5.61. The van der Waals surface area contributed by atoms with Crippen LogP contribution in [-0.4, -0.2) is 62.7 Å². The smallest absolute Gasteiger partial charge is 0.306 e. The van der Waals surface area contributed by atoms with E-state index in [-0.39, 0.29) is 24.6 Å². The summed E-state index contributed by atoms with van der Waals surface area (Å²) < 4.78 is 7.01. The molecule has 1 fully saturated rings. The Morgan fingerprint density at radius 3 is 2.79 bits per heavy atom. The maximum Gasteiger partial charge on any atom is 0.306 e. The predicted molar refractivity (Wildman–Crippen MR) is 84.0 cm³/mol. The summed E-state index contributed by atoms with van der Waals surface area (Å²) in [5, 5.41) is 17.0. The quantitative estimate of drug-likeness (QED) is 0.894. The lowest BCUT2D eigenvalue weighted by atomic mass is 10.2. The van der Waals surface area contributed by atoms with Crippen molar-refractivity contribution in [3.63, 3.8) is 0 Å². The first-order valence-electron chi connectivity index (χ1n) is 7.66. The Balaban J connectivity index is 1.78. The zero-order valence-electron chi connectivity index (χ0n) is 13.3. The molecule has 8 heteroatoms. The number of aromatic nitrogens is 3. The Morgan fingerprint density at radius 2 is 2.08 bits per heavy atom. The summed E-state index contributed by atoms with van der Waals surface area (Å²) in [7, 11) is 0. The average molecular weight is 330 g/mol. The minimum absolute atomic E-state index is 0.126. The molecule has 1 aliphatic rings. The molecule has 24 heavy (non-hydrogen) atoms. The second-order valence-corrected chi connectivity index (χ2v) is 5.61. The average Bonchev–Trinajstić information content (AvgIpc) is 2.96. The normalized spacial score (nSPS) is 17.7. The Labute approximate surface area is 138 Å². The number of rotatable bonds is 4. The van der Waals surface area contributed by atoms with Crippen molar-refractivity contribution in [1.29, 1.82) is 0 Å². The summed E-state index contributed by atoms with van der Waals surface area (Å²) in [6.45, 7) is 2.75. The van der Waals surface area contributed by atoms with Gasteiger partial charge >= 0.3 is 5.97 Å². The van der Waals surface area contributed by atoms with Crippen LogP contribution in [0.2, 0.25) is 0 Å². The number of morpholine rings is 1. The SMILES string of the molecule is Cc1c(C(=O)N2CCOC(CC(=O)O)C2)nnn1-c1ccccc1. The maximum absolute atomic E-state index is 12.7. The molecule has 0 bridgehead atoms. The molecule has 0 aliphatic carbocycles. The van der Waals surface area contributed by atoms with Crippen LogP contribution in [-0.2, 0) is 9.53 Å². The van der Waals surface area contributed by atoms with Gasteiger partial charge in [0.25, 0.3) is 5.91 Å². The summed E-state index contributed by atoms with van der Waals surface area (Å²) >= 11 is 0. The van der Waals surface area contributed by atoms with Crippen molar-refractivity contribution in [3.8, 4) is 5.69 Å². The van der Waals surface area contributed by atoms with Gasteiger partial charge in [-0.25, -0.2) is 4.68 Å². The lowest BCUT2D eigenvalue weighted by Gasteiger charge is -2.31. The van der Waals surface area contributed by atoms with E-state index in [9.17, 15) is 9.59 Å². The molecule has 1 saturated heterocycles. The van der Waals surface area contributed by atoms with E-state index in [0.717, 1.165) is 5.69 Å². The molecule has 2 heterocycles. The number of ether oxygens (including phenoxy) is 1. The topological polar surface area (TPSA) is 97.6 Å². The molecule has 1 aliphatic heterocycles. The van der Waals surface area contributed by atoms with Gasteiger partial charge in [-0.1, -0.05) is 23.4 Å². The van der Waals surface area contributed by atoms with Crippen molar-refractivity contribution in [2.75, 3.05) is 19.7 Å². The largest absolute Gasteiger partial charge is 0.481 e. The Hall–Kier alpha value is -2.74. The van der Waals surface area contributed by atoms with Gasteiger partial charge in [-0.15, -0.1) is 5.10 Å². The highest BCUT2D eigenvalue weighted by molar-refractivity contribution is 5.93. The standard InChI is InChI=1S/C16H18N4O4/c1-11-15(17-18-20(11)12-5-3-2-4-6-12)16(23)19-7-8-24-13(10-19)9-14(21)22/h2-6,13H,7-10H2,1H3,(H,21,22). The molecule has 1 atom stereocenters.